The standard InChI is InChI=1S/C21H21ClFN5.2ClH/c22-16-5-8-19-15(9-16)10-24-12-20-26-27-21(28(19)20)14-3-1-13(2-4-14)18-7-6-17(23)11-25-18;;/h5-9,11,13-14,24H,1-4,10,12H2;2*1H. The molecular weight excluding hydrogens is 448 g/mol. The Morgan fingerprint density at radius 1 is 0.967 bits per heavy atom. The monoisotopic (exact) mass is 469 g/mol. The van der Waals surface area contributed by atoms with Crippen LogP contribution in [0.1, 0.15) is 60.4 Å². The summed E-state index contributed by atoms with van der Waals surface area (Å²) in [6.07, 6.45) is 5.42. The third-order valence-corrected chi connectivity index (χ3v) is 6.13. The van der Waals surface area contributed by atoms with Crippen LogP contribution in [0.5, 0.6) is 0 Å². The third kappa shape index (κ3) is 4.33. The Labute approximate surface area is 192 Å². The van der Waals surface area contributed by atoms with Crippen LogP contribution in [-0.2, 0) is 13.1 Å². The number of hydrogen-bond acceptors (Lipinski definition) is 4. The van der Waals surface area contributed by atoms with Crippen LogP contribution in [0.15, 0.2) is 36.5 Å². The fourth-order valence-electron chi connectivity index (χ4n) is 4.47. The molecule has 5 rings (SSSR count). The van der Waals surface area contributed by atoms with Gasteiger partial charge >= 0.3 is 0 Å². The van der Waals surface area contributed by atoms with E-state index in [0.29, 0.717) is 18.4 Å². The SMILES string of the molecule is Cl.Cl.Fc1ccc(C2CCC(c3nnc4n3-c3ccc(Cl)cc3CNC4)CC2)nc1. The van der Waals surface area contributed by atoms with Crippen molar-refractivity contribution in [2.24, 2.45) is 0 Å². The summed E-state index contributed by atoms with van der Waals surface area (Å²) in [5.41, 5.74) is 3.27. The highest BCUT2D eigenvalue weighted by Gasteiger charge is 2.30. The van der Waals surface area contributed by atoms with E-state index in [1.54, 1.807) is 0 Å². The summed E-state index contributed by atoms with van der Waals surface area (Å²) in [7, 11) is 0. The van der Waals surface area contributed by atoms with E-state index in [2.05, 4.69) is 31.1 Å². The maximum Gasteiger partial charge on any atom is 0.151 e. The van der Waals surface area contributed by atoms with Gasteiger partial charge in [-0.25, -0.2) is 4.39 Å². The van der Waals surface area contributed by atoms with Crippen LogP contribution < -0.4 is 5.32 Å². The topological polar surface area (TPSA) is 55.6 Å². The fraction of sp³-hybridized carbons (Fsp3) is 0.381. The first-order chi connectivity index (χ1) is 13.7. The average molecular weight is 471 g/mol. The number of fused-ring (bicyclic) bond motifs is 3. The quantitative estimate of drug-likeness (QED) is 0.549. The molecule has 3 heterocycles. The highest BCUT2D eigenvalue weighted by molar-refractivity contribution is 6.30. The molecule has 1 N–H and O–H groups in total. The number of nitrogens with zero attached hydrogens (tertiary/aromatic N) is 4. The van der Waals surface area contributed by atoms with Gasteiger partial charge in [-0.1, -0.05) is 11.6 Å². The number of pyridine rings is 1. The van der Waals surface area contributed by atoms with E-state index < -0.39 is 0 Å². The smallest absolute Gasteiger partial charge is 0.151 e. The molecule has 0 radical (unpaired) electrons. The van der Waals surface area contributed by atoms with Crippen molar-refractivity contribution in [3.63, 3.8) is 0 Å². The van der Waals surface area contributed by atoms with Crippen molar-refractivity contribution in [3.05, 3.63) is 70.3 Å². The Bertz CT molecular complexity index is 1000. The van der Waals surface area contributed by atoms with Crippen LogP contribution in [0.3, 0.4) is 0 Å². The van der Waals surface area contributed by atoms with Crippen molar-refractivity contribution in [1.29, 1.82) is 0 Å². The minimum Gasteiger partial charge on any atom is -0.306 e. The number of rotatable bonds is 2. The van der Waals surface area contributed by atoms with Crippen molar-refractivity contribution >= 4 is 36.4 Å². The predicted octanol–water partition coefficient (Wildman–Crippen LogP) is 5.34. The van der Waals surface area contributed by atoms with Crippen molar-refractivity contribution in [2.45, 2.75) is 50.6 Å². The van der Waals surface area contributed by atoms with Crippen molar-refractivity contribution in [1.82, 2.24) is 25.1 Å². The molecule has 0 spiro atoms. The Hall–Kier alpha value is -1.73. The lowest BCUT2D eigenvalue weighted by Crippen LogP contribution is -2.17. The first-order valence-electron chi connectivity index (χ1n) is 9.74. The molecule has 2 aliphatic rings. The minimum atomic E-state index is -0.282. The molecule has 0 bridgehead atoms. The summed E-state index contributed by atoms with van der Waals surface area (Å²) in [6, 6.07) is 9.32. The second-order valence-corrected chi connectivity index (χ2v) is 8.07. The van der Waals surface area contributed by atoms with E-state index in [0.717, 1.165) is 65.8 Å². The van der Waals surface area contributed by atoms with Gasteiger partial charge in [0.2, 0.25) is 0 Å². The van der Waals surface area contributed by atoms with Gasteiger partial charge in [-0.2, -0.15) is 0 Å². The van der Waals surface area contributed by atoms with Gasteiger partial charge in [-0.05, 0) is 61.6 Å². The molecule has 1 saturated carbocycles. The van der Waals surface area contributed by atoms with E-state index in [9.17, 15) is 4.39 Å². The lowest BCUT2D eigenvalue weighted by molar-refractivity contribution is 0.377. The second-order valence-electron chi connectivity index (χ2n) is 7.64. The first-order valence-corrected chi connectivity index (χ1v) is 10.1. The molecule has 1 aromatic carbocycles. The molecule has 3 aromatic rings. The van der Waals surface area contributed by atoms with Crippen molar-refractivity contribution in [2.75, 3.05) is 0 Å². The third-order valence-electron chi connectivity index (χ3n) is 5.90. The molecule has 0 amide bonds. The van der Waals surface area contributed by atoms with Crippen LogP contribution in [0.2, 0.25) is 5.02 Å². The molecule has 0 atom stereocenters. The zero-order valence-electron chi connectivity index (χ0n) is 16.2. The highest BCUT2D eigenvalue weighted by Crippen LogP contribution is 2.40. The molecule has 9 heteroatoms. The summed E-state index contributed by atoms with van der Waals surface area (Å²) in [6.45, 7) is 1.45. The van der Waals surface area contributed by atoms with Crippen LogP contribution in [0.4, 0.5) is 4.39 Å². The summed E-state index contributed by atoms with van der Waals surface area (Å²) in [5.74, 6) is 2.44. The van der Waals surface area contributed by atoms with Gasteiger partial charge in [0.1, 0.15) is 11.6 Å². The molecule has 5 nitrogen and oxygen atoms in total. The number of aromatic nitrogens is 4. The zero-order valence-corrected chi connectivity index (χ0v) is 18.6. The van der Waals surface area contributed by atoms with E-state index in [4.69, 9.17) is 11.6 Å². The Balaban J connectivity index is 0.00000128. The van der Waals surface area contributed by atoms with Crippen LogP contribution >= 0.6 is 36.4 Å². The molecule has 160 valence electrons. The molecule has 1 aliphatic heterocycles. The summed E-state index contributed by atoms with van der Waals surface area (Å²) in [5, 5.41) is 13.2. The molecule has 0 unspecified atom stereocenters. The van der Waals surface area contributed by atoms with E-state index in [1.807, 2.05) is 18.2 Å². The van der Waals surface area contributed by atoms with Crippen LogP contribution in [0.25, 0.3) is 5.69 Å². The van der Waals surface area contributed by atoms with E-state index in [-0.39, 0.29) is 30.6 Å². The van der Waals surface area contributed by atoms with Gasteiger partial charge in [0, 0.05) is 29.1 Å². The van der Waals surface area contributed by atoms with Crippen LogP contribution in [0, 0.1) is 5.82 Å². The summed E-state index contributed by atoms with van der Waals surface area (Å²) < 4.78 is 15.4. The molecular formula is C21H23Cl3FN5. The number of hydrogen-bond donors (Lipinski definition) is 1. The number of benzene rings is 1. The average Bonchev–Trinajstić information content (AvgIpc) is 3.04. The predicted molar refractivity (Wildman–Crippen MR) is 120 cm³/mol. The molecule has 0 saturated heterocycles. The van der Waals surface area contributed by atoms with Crippen LogP contribution in [-0.4, -0.2) is 19.7 Å². The van der Waals surface area contributed by atoms with E-state index in [1.165, 1.54) is 12.3 Å². The second kappa shape index (κ2) is 9.60. The zero-order chi connectivity index (χ0) is 19.1. The fourth-order valence-corrected chi connectivity index (χ4v) is 4.67. The van der Waals surface area contributed by atoms with Crippen molar-refractivity contribution in [3.8, 4) is 5.69 Å². The number of nitrogens with one attached hydrogen (secondary N) is 1. The number of halogens is 4. The summed E-state index contributed by atoms with van der Waals surface area (Å²) >= 11 is 6.21. The lowest BCUT2D eigenvalue weighted by Gasteiger charge is -2.28. The van der Waals surface area contributed by atoms with Gasteiger partial charge in [-0.3, -0.25) is 9.55 Å². The van der Waals surface area contributed by atoms with E-state index >= 15 is 0 Å². The minimum absolute atomic E-state index is 0. The largest absolute Gasteiger partial charge is 0.306 e. The van der Waals surface area contributed by atoms with Gasteiger partial charge in [0.15, 0.2) is 5.82 Å². The normalized spacial score (nSPS) is 20.2. The molecule has 2 aromatic heterocycles. The Kier molecular flexibility index (Phi) is 7.34. The Morgan fingerprint density at radius 3 is 2.47 bits per heavy atom. The molecule has 1 fully saturated rings. The maximum atomic E-state index is 13.1. The maximum absolute atomic E-state index is 13.1. The van der Waals surface area contributed by atoms with Gasteiger partial charge < -0.3 is 5.32 Å². The molecule has 30 heavy (non-hydrogen) atoms. The lowest BCUT2D eigenvalue weighted by atomic mass is 9.80. The first kappa shape index (κ1) is 22.9. The summed E-state index contributed by atoms with van der Waals surface area (Å²) in [4.78, 5) is 4.28. The van der Waals surface area contributed by atoms with Gasteiger partial charge in [-0.15, -0.1) is 35.0 Å². The van der Waals surface area contributed by atoms with Gasteiger partial charge in [0.05, 0.1) is 18.4 Å². The highest BCUT2D eigenvalue weighted by atomic mass is 35.5. The molecule has 1 aliphatic carbocycles. The Morgan fingerprint density at radius 2 is 1.73 bits per heavy atom. The van der Waals surface area contributed by atoms with Gasteiger partial charge in [0.25, 0.3) is 0 Å². The van der Waals surface area contributed by atoms with Crippen molar-refractivity contribution < 1.29 is 4.39 Å².